The van der Waals surface area contributed by atoms with Crippen molar-refractivity contribution in [1.29, 1.82) is 0 Å². The van der Waals surface area contributed by atoms with E-state index >= 15 is 0 Å². The zero-order chi connectivity index (χ0) is 13.9. The van der Waals surface area contributed by atoms with Gasteiger partial charge in [-0.2, -0.15) is 4.98 Å². The Morgan fingerprint density at radius 2 is 2.05 bits per heavy atom. The topological polar surface area (TPSA) is 44.3 Å². The van der Waals surface area contributed by atoms with Gasteiger partial charge in [-0.1, -0.05) is 0 Å². The number of nitrogens with zero attached hydrogens (tertiary/aromatic N) is 4. The molecular weight excluding hydrogens is 250 g/mol. The van der Waals surface area contributed by atoms with E-state index in [0.717, 1.165) is 43.1 Å². The molecule has 1 N–H and O–H groups in total. The highest BCUT2D eigenvalue weighted by Crippen LogP contribution is 2.25. The molecular formula is C15H25N5. The summed E-state index contributed by atoms with van der Waals surface area (Å²) in [6, 6.07) is 2.82. The van der Waals surface area contributed by atoms with Crippen LogP contribution in [0, 0.1) is 6.92 Å². The van der Waals surface area contributed by atoms with Crippen molar-refractivity contribution in [2.45, 2.75) is 39.2 Å². The first-order valence-corrected chi connectivity index (χ1v) is 7.85. The summed E-state index contributed by atoms with van der Waals surface area (Å²) in [6.45, 7) is 9.77. The van der Waals surface area contributed by atoms with Crippen LogP contribution < -0.4 is 10.2 Å². The zero-order valence-corrected chi connectivity index (χ0v) is 12.6. The molecule has 0 amide bonds. The average Bonchev–Trinajstić information content (AvgIpc) is 3.10. The van der Waals surface area contributed by atoms with Crippen molar-refractivity contribution in [2.24, 2.45) is 0 Å². The molecule has 1 unspecified atom stereocenters. The van der Waals surface area contributed by atoms with Crippen molar-refractivity contribution in [3.63, 3.8) is 0 Å². The molecule has 2 aliphatic heterocycles. The first-order valence-electron chi connectivity index (χ1n) is 7.85. The third kappa shape index (κ3) is 2.87. The molecule has 0 saturated carbocycles. The minimum atomic E-state index is 0.718. The molecule has 0 radical (unpaired) electrons. The van der Waals surface area contributed by atoms with Gasteiger partial charge in [0, 0.05) is 37.4 Å². The fraction of sp³-hybridized carbons (Fsp3) is 0.733. The standard InChI is InChI=1S/C15H25N5/c1-3-16-15-17-12(2)10-14(18-15)20-9-6-13(11-20)19-7-4-5-8-19/h10,13H,3-9,11H2,1-2H3,(H,16,17,18). The van der Waals surface area contributed by atoms with Gasteiger partial charge >= 0.3 is 0 Å². The maximum Gasteiger partial charge on any atom is 0.224 e. The van der Waals surface area contributed by atoms with E-state index in [1.54, 1.807) is 0 Å². The molecule has 2 aliphatic rings. The summed E-state index contributed by atoms with van der Waals surface area (Å²) in [4.78, 5) is 14.2. The predicted octanol–water partition coefficient (Wildman–Crippen LogP) is 1.89. The van der Waals surface area contributed by atoms with Crippen molar-refractivity contribution >= 4 is 11.8 Å². The van der Waals surface area contributed by atoms with Gasteiger partial charge < -0.3 is 10.2 Å². The molecule has 0 aliphatic carbocycles. The lowest BCUT2D eigenvalue weighted by atomic mass is 10.2. The monoisotopic (exact) mass is 275 g/mol. The second-order valence-corrected chi connectivity index (χ2v) is 5.85. The number of aryl methyl sites for hydroxylation is 1. The van der Waals surface area contributed by atoms with Crippen LogP contribution in [0.25, 0.3) is 0 Å². The van der Waals surface area contributed by atoms with Crippen LogP contribution in [0.5, 0.6) is 0 Å². The molecule has 5 nitrogen and oxygen atoms in total. The Morgan fingerprint density at radius 3 is 2.80 bits per heavy atom. The van der Waals surface area contributed by atoms with Crippen LogP contribution in [-0.4, -0.2) is 53.6 Å². The van der Waals surface area contributed by atoms with Crippen LogP contribution in [0.15, 0.2) is 6.07 Å². The molecule has 0 spiro atoms. The van der Waals surface area contributed by atoms with Crippen molar-refractivity contribution in [3.8, 4) is 0 Å². The van der Waals surface area contributed by atoms with Crippen molar-refractivity contribution in [3.05, 3.63) is 11.8 Å². The zero-order valence-electron chi connectivity index (χ0n) is 12.6. The van der Waals surface area contributed by atoms with Crippen LogP contribution in [-0.2, 0) is 0 Å². The van der Waals surface area contributed by atoms with E-state index in [9.17, 15) is 0 Å². The van der Waals surface area contributed by atoms with Gasteiger partial charge in [0.1, 0.15) is 5.82 Å². The lowest BCUT2D eigenvalue weighted by Crippen LogP contribution is -2.35. The molecule has 0 aromatic carbocycles. The number of anilines is 2. The molecule has 110 valence electrons. The van der Waals surface area contributed by atoms with Gasteiger partial charge in [-0.05, 0) is 46.2 Å². The van der Waals surface area contributed by atoms with E-state index in [1.165, 1.54) is 32.4 Å². The summed E-state index contributed by atoms with van der Waals surface area (Å²) < 4.78 is 0. The van der Waals surface area contributed by atoms with E-state index in [0.29, 0.717) is 0 Å². The molecule has 3 rings (SSSR count). The summed E-state index contributed by atoms with van der Waals surface area (Å²) >= 11 is 0. The quantitative estimate of drug-likeness (QED) is 0.909. The lowest BCUT2D eigenvalue weighted by molar-refractivity contribution is 0.260. The Balaban J connectivity index is 1.70. The lowest BCUT2D eigenvalue weighted by Gasteiger charge is -2.24. The van der Waals surface area contributed by atoms with Gasteiger partial charge in [0.05, 0.1) is 0 Å². The highest BCUT2D eigenvalue weighted by molar-refractivity contribution is 5.46. The molecule has 1 atom stereocenters. The minimum absolute atomic E-state index is 0.718. The molecule has 1 aromatic rings. The maximum atomic E-state index is 4.65. The van der Waals surface area contributed by atoms with Gasteiger partial charge in [0.25, 0.3) is 0 Å². The highest BCUT2D eigenvalue weighted by Gasteiger charge is 2.30. The predicted molar refractivity (Wildman–Crippen MR) is 82.4 cm³/mol. The van der Waals surface area contributed by atoms with Gasteiger partial charge in [0.15, 0.2) is 0 Å². The number of hydrogen-bond donors (Lipinski definition) is 1. The number of hydrogen-bond acceptors (Lipinski definition) is 5. The molecule has 2 fully saturated rings. The van der Waals surface area contributed by atoms with Crippen LogP contribution in [0.3, 0.4) is 0 Å². The van der Waals surface area contributed by atoms with Crippen LogP contribution in [0.2, 0.25) is 0 Å². The maximum absolute atomic E-state index is 4.65. The fourth-order valence-corrected chi connectivity index (χ4v) is 3.31. The summed E-state index contributed by atoms with van der Waals surface area (Å²) in [5, 5.41) is 3.22. The second kappa shape index (κ2) is 5.95. The van der Waals surface area contributed by atoms with Crippen molar-refractivity contribution in [2.75, 3.05) is 42.9 Å². The molecule has 20 heavy (non-hydrogen) atoms. The largest absolute Gasteiger partial charge is 0.355 e. The first kappa shape index (κ1) is 13.6. The molecule has 2 saturated heterocycles. The Kier molecular flexibility index (Phi) is 4.05. The smallest absolute Gasteiger partial charge is 0.224 e. The Hall–Kier alpha value is -1.36. The number of nitrogens with one attached hydrogen (secondary N) is 1. The highest BCUT2D eigenvalue weighted by atomic mass is 15.3. The summed E-state index contributed by atoms with van der Waals surface area (Å²) in [6.07, 6.45) is 4.00. The Bertz CT molecular complexity index is 456. The summed E-state index contributed by atoms with van der Waals surface area (Å²) in [5.41, 5.74) is 1.04. The van der Waals surface area contributed by atoms with Gasteiger partial charge in [-0.15, -0.1) is 0 Å². The molecule has 0 bridgehead atoms. The summed E-state index contributed by atoms with van der Waals surface area (Å²) in [7, 11) is 0. The van der Waals surface area contributed by atoms with E-state index in [1.807, 2.05) is 6.92 Å². The van der Waals surface area contributed by atoms with E-state index in [4.69, 9.17) is 0 Å². The summed E-state index contributed by atoms with van der Waals surface area (Å²) in [5.74, 6) is 1.84. The normalized spacial score (nSPS) is 23.5. The Labute approximate surface area is 121 Å². The average molecular weight is 275 g/mol. The van der Waals surface area contributed by atoms with Crippen LogP contribution in [0.4, 0.5) is 11.8 Å². The number of likely N-dealkylation sites (tertiary alicyclic amines) is 1. The Morgan fingerprint density at radius 1 is 1.25 bits per heavy atom. The van der Waals surface area contributed by atoms with Crippen molar-refractivity contribution < 1.29 is 0 Å². The second-order valence-electron chi connectivity index (χ2n) is 5.85. The third-order valence-corrected chi connectivity index (χ3v) is 4.32. The van der Waals surface area contributed by atoms with Crippen LogP contribution in [0.1, 0.15) is 31.9 Å². The van der Waals surface area contributed by atoms with E-state index < -0.39 is 0 Å². The first-order chi connectivity index (χ1) is 9.76. The van der Waals surface area contributed by atoms with Crippen LogP contribution >= 0.6 is 0 Å². The van der Waals surface area contributed by atoms with Gasteiger partial charge in [-0.3, -0.25) is 4.90 Å². The van der Waals surface area contributed by atoms with Gasteiger partial charge in [-0.25, -0.2) is 4.98 Å². The number of rotatable bonds is 4. The fourth-order valence-electron chi connectivity index (χ4n) is 3.31. The molecule has 5 heteroatoms. The van der Waals surface area contributed by atoms with Crippen molar-refractivity contribution in [1.82, 2.24) is 14.9 Å². The van der Waals surface area contributed by atoms with E-state index in [2.05, 4.69) is 38.1 Å². The SMILES string of the molecule is CCNc1nc(C)cc(N2CCC(N3CCCC3)C2)n1. The minimum Gasteiger partial charge on any atom is -0.355 e. The van der Waals surface area contributed by atoms with E-state index in [-0.39, 0.29) is 0 Å². The number of aromatic nitrogens is 2. The third-order valence-electron chi connectivity index (χ3n) is 4.32. The molecule has 1 aromatic heterocycles. The molecule has 3 heterocycles. The van der Waals surface area contributed by atoms with Gasteiger partial charge in [0.2, 0.25) is 5.95 Å².